The van der Waals surface area contributed by atoms with Crippen molar-refractivity contribution in [2.75, 3.05) is 30.9 Å². The second-order valence-corrected chi connectivity index (χ2v) is 3.70. The second-order valence-electron chi connectivity index (χ2n) is 3.70. The van der Waals surface area contributed by atoms with Gasteiger partial charge in [0.25, 0.3) is 0 Å². The van der Waals surface area contributed by atoms with Gasteiger partial charge < -0.3 is 15.3 Å². The first kappa shape index (κ1) is 12.1. The number of carboxylic acids is 1. The maximum atomic E-state index is 10.5. The summed E-state index contributed by atoms with van der Waals surface area (Å²) < 4.78 is 0. The van der Waals surface area contributed by atoms with Gasteiger partial charge in [-0.2, -0.15) is 0 Å². The molecule has 16 heavy (non-hydrogen) atoms. The Hall–Kier alpha value is -1.97. The standard InChI is InChI=1S/C12H16N2O2/c1-9(12(15)16)8-13-10-4-6-11(7-5-10)14(2)3/h4-7,13H,1,8H2,2-3H3,(H,15,16). The Morgan fingerprint density at radius 2 is 1.94 bits per heavy atom. The summed E-state index contributed by atoms with van der Waals surface area (Å²) in [5.74, 6) is -0.975. The molecular weight excluding hydrogens is 204 g/mol. The van der Waals surface area contributed by atoms with E-state index in [4.69, 9.17) is 5.11 Å². The Morgan fingerprint density at radius 3 is 2.38 bits per heavy atom. The third kappa shape index (κ3) is 3.31. The van der Waals surface area contributed by atoms with Crippen molar-refractivity contribution in [2.24, 2.45) is 0 Å². The average Bonchev–Trinajstić information content (AvgIpc) is 2.26. The fraction of sp³-hybridized carbons (Fsp3) is 0.250. The Morgan fingerprint density at radius 1 is 1.38 bits per heavy atom. The van der Waals surface area contributed by atoms with Crippen LogP contribution in [-0.2, 0) is 4.79 Å². The maximum Gasteiger partial charge on any atom is 0.332 e. The number of carbonyl (C=O) groups is 1. The zero-order valence-electron chi connectivity index (χ0n) is 9.53. The molecule has 2 N–H and O–H groups in total. The van der Waals surface area contributed by atoms with Crippen LogP contribution < -0.4 is 10.2 Å². The van der Waals surface area contributed by atoms with Crippen LogP contribution in [-0.4, -0.2) is 31.7 Å². The summed E-state index contributed by atoms with van der Waals surface area (Å²) in [6.07, 6.45) is 0. The van der Waals surface area contributed by atoms with Gasteiger partial charge in [0.15, 0.2) is 0 Å². The minimum atomic E-state index is -0.975. The van der Waals surface area contributed by atoms with E-state index in [0.717, 1.165) is 11.4 Å². The van der Waals surface area contributed by atoms with Crippen LogP contribution in [0.5, 0.6) is 0 Å². The van der Waals surface area contributed by atoms with E-state index in [1.165, 1.54) is 0 Å². The number of nitrogens with zero attached hydrogens (tertiary/aromatic N) is 1. The molecule has 4 heteroatoms. The maximum absolute atomic E-state index is 10.5. The Balaban J connectivity index is 2.56. The highest BCUT2D eigenvalue weighted by atomic mass is 16.4. The molecule has 1 rings (SSSR count). The van der Waals surface area contributed by atoms with Gasteiger partial charge in [0, 0.05) is 37.6 Å². The lowest BCUT2D eigenvalue weighted by Crippen LogP contribution is -2.11. The van der Waals surface area contributed by atoms with E-state index in [-0.39, 0.29) is 12.1 Å². The molecule has 0 saturated carbocycles. The van der Waals surface area contributed by atoms with Gasteiger partial charge in [-0.25, -0.2) is 4.79 Å². The summed E-state index contributed by atoms with van der Waals surface area (Å²) in [6.45, 7) is 3.69. The van der Waals surface area contributed by atoms with Crippen molar-refractivity contribution in [2.45, 2.75) is 0 Å². The van der Waals surface area contributed by atoms with Gasteiger partial charge in [-0.05, 0) is 24.3 Å². The molecule has 0 saturated heterocycles. The minimum absolute atomic E-state index is 0.150. The predicted octanol–water partition coefficient (Wildman–Crippen LogP) is 1.81. The van der Waals surface area contributed by atoms with Crippen LogP contribution in [0.4, 0.5) is 11.4 Å². The Kier molecular flexibility index (Phi) is 3.94. The monoisotopic (exact) mass is 220 g/mol. The van der Waals surface area contributed by atoms with E-state index in [0.29, 0.717) is 0 Å². The van der Waals surface area contributed by atoms with Gasteiger partial charge in [-0.1, -0.05) is 6.58 Å². The van der Waals surface area contributed by atoms with Gasteiger partial charge in [0.05, 0.1) is 0 Å². The quantitative estimate of drug-likeness (QED) is 0.743. The molecule has 4 nitrogen and oxygen atoms in total. The number of nitrogens with one attached hydrogen (secondary N) is 1. The molecule has 0 bridgehead atoms. The number of carboxylic acid groups (broad SMARTS) is 1. The zero-order chi connectivity index (χ0) is 12.1. The van der Waals surface area contributed by atoms with Crippen molar-refractivity contribution in [3.8, 4) is 0 Å². The first-order valence-electron chi connectivity index (χ1n) is 4.93. The molecule has 0 atom stereocenters. The number of anilines is 2. The van der Waals surface area contributed by atoms with Crippen LogP contribution in [0.3, 0.4) is 0 Å². The highest BCUT2D eigenvalue weighted by Gasteiger charge is 2.03. The number of benzene rings is 1. The molecule has 0 spiro atoms. The molecule has 0 aliphatic rings. The van der Waals surface area contributed by atoms with Gasteiger partial charge in [0.1, 0.15) is 0 Å². The lowest BCUT2D eigenvalue weighted by molar-refractivity contribution is -0.132. The number of rotatable bonds is 5. The Bertz CT molecular complexity index is 383. The van der Waals surface area contributed by atoms with E-state index in [9.17, 15) is 4.79 Å². The molecule has 0 amide bonds. The van der Waals surface area contributed by atoms with E-state index < -0.39 is 5.97 Å². The summed E-state index contributed by atoms with van der Waals surface area (Å²) >= 11 is 0. The molecule has 0 aliphatic heterocycles. The molecule has 86 valence electrons. The van der Waals surface area contributed by atoms with Crippen molar-refractivity contribution in [1.29, 1.82) is 0 Å². The molecule has 0 aliphatic carbocycles. The van der Waals surface area contributed by atoms with Crippen molar-refractivity contribution in [3.05, 3.63) is 36.4 Å². The number of hydrogen-bond donors (Lipinski definition) is 2. The van der Waals surface area contributed by atoms with E-state index in [1.807, 2.05) is 43.3 Å². The summed E-state index contributed by atoms with van der Waals surface area (Å²) in [6, 6.07) is 7.74. The lowest BCUT2D eigenvalue weighted by Gasteiger charge is -2.13. The van der Waals surface area contributed by atoms with E-state index in [1.54, 1.807) is 0 Å². The van der Waals surface area contributed by atoms with Crippen LogP contribution in [0.15, 0.2) is 36.4 Å². The SMILES string of the molecule is C=C(CNc1ccc(N(C)C)cc1)C(=O)O. The summed E-state index contributed by atoms with van der Waals surface area (Å²) in [7, 11) is 3.93. The van der Waals surface area contributed by atoms with Gasteiger partial charge in [-0.3, -0.25) is 0 Å². The largest absolute Gasteiger partial charge is 0.478 e. The highest BCUT2D eigenvalue weighted by molar-refractivity contribution is 5.86. The highest BCUT2D eigenvalue weighted by Crippen LogP contribution is 2.15. The number of aliphatic carboxylic acids is 1. The molecule has 1 aromatic rings. The smallest absolute Gasteiger partial charge is 0.332 e. The first-order valence-corrected chi connectivity index (χ1v) is 4.93. The molecule has 0 unspecified atom stereocenters. The topological polar surface area (TPSA) is 52.6 Å². The first-order chi connectivity index (χ1) is 7.50. The van der Waals surface area contributed by atoms with Gasteiger partial charge >= 0.3 is 5.97 Å². The van der Waals surface area contributed by atoms with Crippen molar-refractivity contribution in [3.63, 3.8) is 0 Å². The molecule has 0 radical (unpaired) electrons. The van der Waals surface area contributed by atoms with Gasteiger partial charge in [-0.15, -0.1) is 0 Å². The van der Waals surface area contributed by atoms with Crippen LogP contribution in [0.1, 0.15) is 0 Å². The van der Waals surface area contributed by atoms with Crippen molar-refractivity contribution in [1.82, 2.24) is 0 Å². The molecule has 1 aromatic carbocycles. The third-order valence-electron chi connectivity index (χ3n) is 2.19. The van der Waals surface area contributed by atoms with Crippen LogP contribution in [0.25, 0.3) is 0 Å². The fourth-order valence-electron chi connectivity index (χ4n) is 1.16. The molecule has 0 aromatic heterocycles. The van der Waals surface area contributed by atoms with Gasteiger partial charge in [0.2, 0.25) is 0 Å². The normalized spacial score (nSPS) is 9.62. The van der Waals surface area contributed by atoms with Crippen LogP contribution >= 0.6 is 0 Å². The van der Waals surface area contributed by atoms with Crippen LogP contribution in [0, 0.1) is 0 Å². The fourth-order valence-corrected chi connectivity index (χ4v) is 1.16. The molecule has 0 heterocycles. The molecule has 0 fully saturated rings. The van der Waals surface area contributed by atoms with E-state index in [2.05, 4.69) is 11.9 Å². The summed E-state index contributed by atoms with van der Waals surface area (Å²) in [4.78, 5) is 12.5. The van der Waals surface area contributed by atoms with Crippen LogP contribution in [0.2, 0.25) is 0 Å². The summed E-state index contributed by atoms with van der Waals surface area (Å²) in [5, 5.41) is 11.6. The number of hydrogen-bond acceptors (Lipinski definition) is 3. The predicted molar refractivity (Wildman–Crippen MR) is 66.0 cm³/mol. The summed E-state index contributed by atoms with van der Waals surface area (Å²) in [5.41, 5.74) is 2.13. The zero-order valence-corrected chi connectivity index (χ0v) is 9.53. The van der Waals surface area contributed by atoms with Crippen molar-refractivity contribution < 1.29 is 9.90 Å². The second kappa shape index (κ2) is 5.21. The van der Waals surface area contributed by atoms with E-state index >= 15 is 0 Å². The average molecular weight is 220 g/mol. The minimum Gasteiger partial charge on any atom is -0.478 e. The third-order valence-corrected chi connectivity index (χ3v) is 2.19. The molecular formula is C12H16N2O2. The lowest BCUT2D eigenvalue weighted by atomic mass is 10.2. The Labute approximate surface area is 95.2 Å². The van der Waals surface area contributed by atoms with Crippen molar-refractivity contribution >= 4 is 17.3 Å².